The van der Waals surface area contributed by atoms with Gasteiger partial charge in [-0.2, -0.15) is 5.11 Å². The molecule has 4 rings (SSSR count). The number of rotatable bonds is 4. The molecule has 30 heavy (non-hydrogen) atoms. The van der Waals surface area contributed by atoms with Gasteiger partial charge in [-0.3, -0.25) is 29.9 Å². The number of azo groups is 1. The van der Waals surface area contributed by atoms with Crippen LogP contribution in [0.1, 0.15) is 0 Å². The summed E-state index contributed by atoms with van der Waals surface area (Å²) in [5.74, 6) is -0.296. The van der Waals surface area contributed by atoms with Crippen LogP contribution in [-0.4, -0.2) is 24.8 Å². The minimum atomic E-state index is -0.648. The second kappa shape index (κ2) is 7.13. The lowest BCUT2D eigenvalue weighted by atomic mass is 10.1. The first-order valence-electron chi connectivity index (χ1n) is 8.66. The number of hydrogen-bond acceptors (Lipinski definition) is 7. The van der Waals surface area contributed by atoms with Gasteiger partial charge in [-0.05, 0) is 24.3 Å². The highest BCUT2D eigenvalue weighted by atomic mass is 16.6. The Bertz CT molecular complexity index is 1430. The Hall–Kier alpha value is -4.54. The van der Waals surface area contributed by atoms with Crippen LogP contribution in [0.25, 0.3) is 22.2 Å². The summed E-state index contributed by atoms with van der Waals surface area (Å²) in [6, 6.07) is 12.0. The van der Waals surface area contributed by atoms with E-state index >= 15 is 0 Å². The molecule has 0 fully saturated rings. The van der Waals surface area contributed by atoms with Crippen LogP contribution in [0.5, 0.6) is 5.75 Å². The van der Waals surface area contributed by atoms with Crippen LogP contribution in [0.3, 0.4) is 0 Å². The fourth-order valence-electron chi connectivity index (χ4n) is 3.08. The van der Waals surface area contributed by atoms with Crippen molar-refractivity contribution in [1.29, 1.82) is 0 Å². The average Bonchev–Trinajstić information content (AvgIpc) is 3.11. The first-order valence-corrected chi connectivity index (χ1v) is 8.66. The molecule has 0 saturated carbocycles. The summed E-state index contributed by atoms with van der Waals surface area (Å²) in [7, 11) is 1.55. The van der Waals surface area contributed by atoms with Gasteiger partial charge >= 0.3 is 0 Å². The molecule has 0 bridgehead atoms. The molecule has 0 spiro atoms. The molecule has 0 saturated heterocycles. The van der Waals surface area contributed by atoms with Crippen molar-refractivity contribution in [2.24, 2.45) is 17.3 Å². The molecule has 0 aliphatic heterocycles. The highest BCUT2D eigenvalue weighted by molar-refractivity contribution is 5.93. The summed E-state index contributed by atoms with van der Waals surface area (Å²) in [6.07, 6.45) is 0. The van der Waals surface area contributed by atoms with Crippen LogP contribution in [0.2, 0.25) is 0 Å². The molecule has 0 aliphatic rings. The van der Waals surface area contributed by atoms with E-state index in [1.807, 2.05) is 0 Å². The Labute approximate surface area is 167 Å². The molecule has 4 aromatic rings. The van der Waals surface area contributed by atoms with Crippen LogP contribution < -0.4 is 11.1 Å². The van der Waals surface area contributed by atoms with Gasteiger partial charge in [0.1, 0.15) is 17.0 Å². The number of non-ortho nitro benzene ring substituents is 1. The Morgan fingerprint density at radius 1 is 1.03 bits per heavy atom. The third-order valence-corrected chi connectivity index (χ3v) is 4.60. The number of nitrogens with zero attached hydrogens (tertiary/aromatic N) is 4. The number of hydrogen-bond donors (Lipinski definition) is 3. The van der Waals surface area contributed by atoms with Crippen molar-refractivity contribution in [1.82, 2.24) is 14.8 Å². The lowest BCUT2D eigenvalue weighted by Gasteiger charge is -2.10. The van der Waals surface area contributed by atoms with Gasteiger partial charge < -0.3 is 9.67 Å². The quantitative estimate of drug-likeness (QED) is 0.269. The summed E-state index contributed by atoms with van der Waals surface area (Å²) in [6.45, 7) is 0. The van der Waals surface area contributed by atoms with Crippen LogP contribution in [0, 0.1) is 10.1 Å². The highest BCUT2D eigenvalue weighted by Gasteiger charge is 2.22. The summed E-state index contributed by atoms with van der Waals surface area (Å²) in [5, 5.41) is 34.6. The van der Waals surface area contributed by atoms with Crippen molar-refractivity contribution >= 4 is 28.0 Å². The summed E-state index contributed by atoms with van der Waals surface area (Å²) >= 11 is 0. The topological polar surface area (TPSA) is 159 Å². The van der Waals surface area contributed by atoms with Crippen LogP contribution in [-0.2, 0) is 7.05 Å². The van der Waals surface area contributed by atoms with Gasteiger partial charge in [-0.1, -0.05) is 12.1 Å². The zero-order chi connectivity index (χ0) is 21.4. The van der Waals surface area contributed by atoms with Gasteiger partial charge in [0.25, 0.3) is 16.8 Å². The predicted octanol–water partition coefficient (Wildman–Crippen LogP) is 3.25. The molecule has 11 heteroatoms. The zero-order valence-corrected chi connectivity index (χ0v) is 15.5. The third kappa shape index (κ3) is 3.03. The first-order chi connectivity index (χ1) is 14.4. The number of aromatic nitrogens is 3. The standard InChI is InChI=1S/C19H14N6O5/c1-24-13-5-3-2-4-12(13)17(26)14(19(24)28)15-16(18(27)23-21-15)22-20-10-6-8-11(9-7-10)25(29)30/h2-9,26H,1H3,(H2,21,23,27). The summed E-state index contributed by atoms with van der Waals surface area (Å²) < 4.78 is 1.35. The number of H-pyrrole nitrogens is 2. The number of para-hydroxylation sites is 1. The van der Waals surface area contributed by atoms with E-state index in [0.29, 0.717) is 10.9 Å². The van der Waals surface area contributed by atoms with Crippen LogP contribution in [0.4, 0.5) is 17.1 Å². The number of nitro groups is 1. The van der Waals surface area contributed by atoms with Gasteiger partial charge in [0.05, 0.1) is 16.1 Å². The molecule has 2 aromatic heterocycles. The van der Waals surface area contributed by atoms with Crippen molar-refractivity contribution < 1.29 is 10.0 Å². The van der Waals surface area contributed by atoms with E-state index < -0.39 is 16.0 Å². The predicted molar refractivity (Wildman–Crippen MR) is 109 cm³/mol. The van der Waals surface area contributed by atoms with Crippen molar-refractivity contribution in [3.8, 4) is 17.0 Å². The number of aromatic hydroxyl groups is 1. The Morgan fingerprint density at radius 3 is 2.43 bits per heavy atom. The number of nitro benzene ring substituents is 1. The fraction of sp³-hybridized carbons (Fsp3) is 0.0526. The minimum Gasteiger partial charge on any atom is -0.506 e. The number of aryl methyl sites for hydroxylation is 1. The number of nitrogens with one attached hydrogen (secondary N) is 2. The van der Waals surface area contributed by atoms with Crippen molar-refractivity contribution in [3.63, 3.8) is 0 Å². The van der Waals surface area contributed by atoms with Crippen molar-refractivity contribution in [3.05, 3.63) is 79.4 Å². The van der Waals surface area contributed by atoms with Crippen molar-refractivity contribution in [2.75, 3.05) is 0 Å². The Morgan fingerprint density at radius 2 is 1.73 bits per heavy atom. The maximum Gasteiger partial charge on any atom is 0.292 e. The maximum absolute atomic E-state index is 12.9. The molecule has 0 amide bonds. The molecule has 150 valence electrons. The van der Waals surface area contributed by atoms with E-state index in [1.54, 1.807) is 31.3 Å². The van der Waals surface area contributed by atoms with E-state index in [1.165, 1.54) is 28.8 Å². The van der Waals surface area contributed by atoms with Gasteiger partial charge in [0.15, 0.2) is 5.69 Å². The lowest BCUT2D eigenvalue weighted by molar-refractivity contribution is -0.384. The molecule has 2 aromatic carbocycles. The summed E-state index contributed by atoms with van der Waals surface area (Å²) in [4.78, 5) is 35.3. The van der Waals surface area contributed by atoms with E-state index in [4.69, 9.17) is 0 Å². The van der Waals surface area contributed by atoms with Crippen LogP contribution in [0.15, 0.2) is 68.3 Å². The van der Waals surface area contributed by atoms with E-state index in [2.05, 4.69) is 20.4 Å². The lowest BCUT2D eigenvalue weighted by Crippen LogP contribution is -2.19. The largest absolute Gasteiger partial charge is 0.506 e. The molecule has 0 radical (unpaired) electrons. The molecular weight excluding hydrogens is 392 g/mol. The molecule has 0 unspecified atom stereocenters. The molecule has 0 atom stereocenters. The number of pyridine rings is 1. The van der Waals surface area contributed by atoms with Crippen molar-refractivity contribution in [2.45, 2.75) is 0 Å². The van der Waals surface area contributed by atoms with Gasteiger partial charge in [0.2, 0.25) is 0 Å². The van der Waals surface area contributed by atoms with E-state index in [0.717, 1.165) is 0 Å². The fourth-order valence-corrected chi connectivity index (χ4v) is 3.08. The second-order valence-electron chi connectivity index (χ2n) is 6.38. The third-order valence-electron chi connectivity index (χ3n) is 4.60. The monoisotopic (exact) mass is 406 g/mol. The SMILES string of the molecule is Cn1c(=O)c(-c2[nH][nH]c(=O)c2N=Nc2ccc([N+](=O)[O-])cc2)c(O)c2ccccc21. The minimum absolute atomic E-state index is 0.0190. The normalized spacial score (nSPS) is 11.4. The second-order valence-corrected chi connectivity index (χ2v) is 6.38. The molecule has 2 heterocycles. The van der Waals surface area contributed by atoms with Gasteiger partial charge in [-0.25, -0.2) is 0 Å². The van der Waals surface area contributed by atoms with Gasteiger partial charge in [0, 0.05) is 24.6 Å². The Balaban J connectivity index is 1.85. The van der Waals surface area contributed by atoms with Gasteiger partial charge in [-0.15, -0.1) is 5.11 Å². The van der Waals surface area contributed by atoms with E-state index in [9.17, 15) is 24.8 Å². The zero-order valence-electron chi connectivity index (χ0n) is 15.5. The summed E-state index contributed by atoms with van der Waals surface area (Å²) in [5.41, 5.74) is -0.867. The molecule has 0 aliphatic carbocycles. The van der Waals surface area contributed by atoms with Crippen LogP contribution >= 0.6 is 0 Å². The highest BCUT2D eigenvalue weighted by Crippen LogP contribution is 2.35. The number of aromatic amines is 2. The number of benzene rings is 2. The molecule has 3 N–H and O–H groups in total. The molecule has 11 nitrogen and oxygen atoms in total. The average molecular weight is 406 g/mol. The molecular formula is C19H14N6O5. The maximum atomic E-state index is 12.9. The Kier molecular flexibility index (Phi) is 4.47. The first kappa shape index (κ1) is 18.8. The van der Waals surface area contributed by atoms with E-state index in [-0.39, 0.29) is 34.1 Å². The smallest absolute Gasteiger partial charge is 0.292 e. The number of fused-ring (bicyclic) bond motifs is 1.